The second kappa shape index (κ2) is 14.8. The van der Waals surface area contributed by atoms with Crippen LogP contribution in [-0.2, 0) is 25.7 Å². The Bertz CT molecular complexity index is 1350. The van der Waals surface area contributed by atoms with E-state index in [1.54, 1.807) is 47.9 Å². The van der Waals surface area contributed by atoms with Gasteiger partial charge in [0.25, 0.3) is 0 Å². The van der Waals surface area contributed by atoms with Gasteiger partial charge in [-0.15, -0.1) is 11.8 Å². The van der Waals surface area contributed by atoms with Gasteiger partial charge in [0.15, 0.2) is 6.29 Å². The Kier molecular flexibility index (Phi) is 10.9. The van der Waals surface area contributed by atoms with Crippen LogP contribution in [0.4, 0.5) is 5.69 Å². The number of carbonyl (C=O) groups is 3. The Morgan fingerprint density at radius 3 is 2.39 bits per heavy atom. The van der Waals surface area contributed by atoms with E-state index in [4.69, 9.17) is 14.7 Å². The minimum Gasteiger partial charge on any atom is -0.478 e. The predicted molar refractivity (Wildman–Crippen MR) is 151 cm³/mol. The lowest BCUT2D eigenvalue weighted by atomic mass is 10.0. The first-order valence-corrected chi connectivity index (χ1v) is 14.1. The van der Waals surface area contributed by atoms with Crippen molar-refractivity contribution < 1.29 is 39.3 Å². The number of hydrogen-bond donors (Lipinski definition) is 5. The predicted octanol–water partition coefficient (Wildman–Crippen LogP) is 4.83. The molecule has 0 aromatic heterocycles. The first kappa shape index (κ1) is 30.2. The summed E-state index contributed by atoms with van der Waals surface area (Å²) in [5.74, 6) is -1.32. The summed E-state index contributed by atoms with van der Waals surface area (Å²) in [6.45, 7) is -0.0626. The minimum atomic E-state index is -0.990. The molecule has 0 radical (unpaired) electrons. The fourth-order valence-electron chi connectivity index (χ4n) is 4.43. The number of carbonyl (C=O) groups excluding carboxylic acids is 2. The normalized spacial score (nSPS) is 18.4. The van der Waals surface area contributed by atoms with E-state index >= 15 is 0 Å². The van der Waals surface area contributed by atoms with Crippen molar-refractivity contribution in [2.45, 2.75) is 55.7 Å². The first-order chi connectivity index (χ1) is 19.9. The van der Waals surface area contributed by atoms with E-state index in [0.29, 0.717) is 28.3 Å². The molecule has 5 N–H and O–H groups in total. The minimum absolute atomic E-state index is 0.0325. The van der Waals surface area contributed by atoms with Crippen molar-refractivity contribution in [2.75, 3.05) is 11.1 Å². The van der Waals surface area contributed by atoms with E-state index in [9.17, 15) is 24.6 Å². The van der Waals surface area contributed by atoms with Crippen LogP contribution in [0.15, 0.2) is 77.7 Å². The Balaban J connectivity index is 1.49. The molecule has 10 nitrogen and oxygen atoms in total. The maximum atomic E-state index is 12.4. The van der Waals surface area contributed by atoms with Gasteiger partial charge in [0.05, 0.1) is 24.4 Å². The number of anilines is 1. The highest BCUT2D eigenvalue weighted by atomic mass is 32.2. The molecule has 0 spiro atoms. The second-order valence-corrected chi connectivity index (χ2v) is 10.6. The molecule has 1 aliphatic rings. The fourth-order valence-corrected chi connectivity index (χ4v) is 5.49. The molecule has 1 heterocycles. The number of aliphatic hydroxyl groups is 1. The van der Waals surface area contributed by atoms with Gasteiger partial charge in [-0.2, -0.15) is 0 Å². The van der Waals surface area contributed by atoms with Crippen LogP contribution in [0, 0.1) is 0 Å². The Morgan fingerprint density at radius 2 is 1.66 bits per heavy atom. The van der Waals surface area contributed by atoms with Gasteiger partial charge in [-0.05, 0) is 41.8 Å². The number of aromatic carboxylic acids is 1. The zero-order chi connectivity index (χ0) is 29.2. The van der Waals surface area contributed by atoms with Crippen LogP contribution in [0.25, 0.3) is 0 Å². The van der Waals surface area contributed by atoms with E-state index < -0.39 is 18.2 Å². The average Bonchev–Trinajstić information content (AvgIpc) is 3.00. The number of carboxylic acid groups (broad SMARTS) is 1. The molecule has 2 amide bonds. The van der Waals surface area contributed by atoms with E-state index in [-0.39, 0.29) is 49.5 Å². The van der Waals surface area contributed by atoms with Crippen molar-refractivity contribution in [2.24, 2.45) is 0 Å². The number of carboxylic acids is 1. The molecule has 11 heteroatoms. The molecule has 0 aliphatic carbocycles. The molecule has 3 aromatic carbocycles. The molecular weight excluding hydrogens is 548 g/mol. The summed E-state index contributed by atoms with van der Waals surface area (Å²) in [6.07, 6.45) is -0.390. The summed E-state index contributed by atoms with van der Waals surface area (Å²) in [6, 6.07) is 21.5. The van der Waals surface area contributed by atoms with E-state index in [0.717, 1.165) is 11.1 Å². The third-order valence-corrected chi connectivity index (χ3v) is 7.74. The van der Waals surface area contributed by atoms with Crippen molar-refractivity contribution in [1.29, 1.82) is 0 Å². The Labute approximate surface area is 241 Å². The lowest BCUT2D eigenvalue weighted by molar-refractivity contribution is -0.245. The number of rotatable bonds is 12. The van der Waals surface area contributed by atoms with Crippen LogP contribution < -0.4 is 10.8 Å². The number of nitrogens with one attached hydrogen (secondary N) is 2. The Hall–Kier alpha value is -3.74. The molecule has 216 valence electrons. The SMILES string of the molecule is O=C(CCCC(=O)Nc1cccc(C2OC(CSc3ccccc3C(=O)O)CC(c3ccc(CO)cc3)O2)c1)NO. The highest BCUT2D eigenvalue weighted by Crippen LogP contribution is 2.40. The largest absolute Gasteiger partial charge is 0.478 e. The fraction of sp³-hybridized carbons (Fsp3) is 0.300. The van der Waals surface area contributed by atoms with Gasteiger partial charge < -0.3 is 25.0 Å². The first-order valence-electron chi connectivity index (χ1n) is 13.1. The molecule has 4 rings (SSSR count). The molecule has 3 atom stereocenters. The topological polar surface area (TPSA) is 154 Å². The highest BCUT2D eigenvalue weighted by Gasteiger charge is 2.32. The third-order valence-electron chi connectivity index (χ3n) is 6.53. The molecule has 0 saturated carbocycles. The van der Waals surface area contributed by atoms with Gasteiger partial charge in [-0.25, -0.2) is 10.3 Å². The molecule has 3 aromatic rings. The summed E-state index contributed by atoms with van der Waals surface area (Å²) in [5.41, 5.74) is 4.73. The van der Waals surface area contributed by atoms with Gasteiger partial charge in [-0.3, -0.25) is 14.8 Å². The van der Waals surface area contributed by atoms with Crippen LogP contribution in [-0.4, -0.2) is 45.1 Å². The molecule has 1 fully saturated rings. The van der Waals surface area contributed by atoms with Gasteiger partial charge >= 0.3 is 5.97 Å². The van der Waals surface area contributed by atoms with Gasteiger partial charge in [0, 0.05) is 41.2 Å². The van der Waals surface area contributed by atoms with Crippen LogP contribution >= 0.6 is 11.8 Å². The van der Waals surface area contributed by atoms with Gasteiger partial charge in [-0.1, -0.05) is 48.5 Å². The Morgan fingerprint density at radius 1 is 0.902 bits per heavy atom. The summed E-state index contributed by atoms with van der Waals surface area (Å²) >= 11 is 1.41. The average molecular weight is 581 g/mol. The zero-order valence-corrected chi connectivity index (χ0v) is 23.0. The maximum Gasteiger partial charge on any atom is 0.336 e. The number of benzene rings is 3. The zero-order valence-electron chi connectivity index (χ0n) is 22.2. The third kappa shape index (κ3) is 8.62. The number of aliphatic hydroxyl groups excluding tert-OH is 1. The second-order valence-electron chi connectivity index (χ2n) is 9.52. The van der Waals surface area contributed by atoms with Crippen LogP contribution in [0.2, 0.25) is 0 Å². The number of ether oxygens (including phenoxy) is 2. The number of hydrogen-bond acceptors (Lipinski definition) is 8. The summed E-state index contributed by atoms with van der Waals surface area (Å²) < 4.78 is 12.7. The van der Waals surface area contributed by atoms with Crippen molar-refractivity contribution in [3.05, 3.63) is 95.1 Å². The highest BCUT2D eigenvalue weighted by molar-refractivity contribution is 7.99. The quantitative estimate of drug-likeness (QED) is 0.115. The van der Waals surface area contributed by atoms with Crippen LogP contribution in [0.1, 0.15) is 65.1 Å². The van der Waals surface area contributed by atoms with Gasteiger partial charge in [0.1, 0.15) is 0 Å². The summed E-state index contributed by atoms with van der Waals surface area (Å²) in [4.78, 5) is 35.9. The van der Waals surface area contributed by atoms with E-state index in [1.807, 2.05) is 30.3 Å². The monoisotopic (exact) mass is 580 g/mol. The summed E-state index contributed by atoms with van der Waals surface area (Å²) in [5, 5.41) is 30.4. The van der Waals surface area contributed by atoms with Crippen molar-refractivity contribution in [3.63, 3.8) is 0 Å². The lowest BCUT2D eigenvalue weighted by Gasteiger charge is -2.36. The standard InChI is InChI=1S/C30H32N2O8S/c33-17-19-11-13-20(14-12-19)25-16-23(18-41-26-8-2-1-7-24(26)29(36)37)39-30(40-25)21-5-3-6-22(15-21)31-27(34)9-4-10-28(35)32-38/h1-3,5-8,11-15,23,25,30,33,38H,4,9-10,16-18H2,(H,31,34)(H,32,35)(H,36,37). The molecule has 1 saturated heterocycles. The smallest absolute Gasteiger partial charge is 0.336 e. The lowest BCUT2D eigenvalue weighted by Crippen LogP contribution is -2.31. The molecule has 41 heavy (non-hydrogen) atoms. The molecule has 0 bridgehead atoms. The van der Waals surface area contributed by atoms with Crippen LogP contribution in [0.3, 0.4) is 0 Å². The van der Waals surface area contributed by atoms with Crippen LogP contribution in [0.5, 0.6) is 0 Å². The van der Waals surface area contributed by atoms with E-state index in [1.165, 1.54) is 11.8 Å². The van der Waals surface area contributed by atoms with Crippen molar-refractivity contribution in [3.8, 4) is 0 Å². The number of thioether (sulfide) groups is 1. The van der Waals surface area contributed by atoms with Crippen molar-refractivity contribution in [1.82, 2.24) is 5.48 Å². The number of hydroxylamine groups is 1. The molecule has 1 aliphatic heterocycles. The number of amides is 2. The molecule has 3 unspecified atom stereocenters. The summed E-state index contributed by atoms with van der Waals surface area (Å²) in [7, 11) is 0. The maximum absolute atomic E-state index is 12.4. The van der Waals surface area contributed by atoms with Crippen molar-refractivity contribution >= 4 is 35.2 Å². The van der Waals surface area contributed by atoms with Gasteiger partial charge in [0.2, 0.25) is 11.8 Å². The molecular formula is C30H32N2O8S. The van der Waals surface area contributed by atoms with E-state index in [2.05, 4.69) is 5.32 Å².